The largest absolute Gasteiger partial charge is 0.481 e. The summed E-state index contributed by atoms with van der Waals surface area (Å²) < 4.78 is 13.1. The van der Waals surface area contributed by atoms with Crippen LogP contribution in [0.1, 0.15) is 16.8 Å². The van der Waals surface area contributed by atoms with Crippen LogP contribution in [0.25, 0.3) is 0 Å². The molecule has 1 aromatic carbocycles. The van der Waals surface area contributed by atoms with Gasteiger partial charge in [0, 0.05) is 6.07 Å². The normalized spacial score (nSPS) is 11.5. The molecule has 112 valence electrons. The first kappa shape index (κ1) is 16.0. The highest BCUT2D eigenvalue weighted by atomic mass is 19.1. The number of hydrogen-bond donors (Lipinski definition) is 3. The number of benzene rings is 1. The molecular weight excluding hydrogens is 291 g/mol. The molecule has 1 aromatic rings. The minimum Gasteiger partial charge on any atom is -0.481 e. The van der Waals surface area contributed by atoms with Crippen molar-refractivity contribution in [2.75, 3.05) is 0 Å². The van der Waals surface area contributed by atoms with Crippen LogP contribution in [-0.2, 0) is 9.59 Å². The lowest BCUT2D eigenvalue weighted by Gasteiger charge is -2.12. The van der Waals surface area contributed by atoms with E-state index in [1.54, 1.807) is 5.32 Å². The molecule has 0 bridgehead atoms. The molecule has 0 fully saturated rings. The number of rotatable bonds is 6. The lowest BCUT2D eigenvalue weighted by Crippen LogP contribution is -2.42. The number of nitro groups is 1. The summed E-state index contributed by atoms with van der Waals surface area (Å²) in [4.78, 5) is 42.8. The smallest absolute Gasteiger partial charge is 0.326 e. The molecule has 1 rings (SSSR count). The SMILES string of the molecule is O=C(O)CC(NC(=O)c1cc(F)ccc1[N+](=O)[O-])C(=O)O. The average Bonchev–Trinajstić information content (AvgIpc) is 2.36. The Morgan fingerprint density at radius 3 is 2.43 bits per heavy atom. The highest BCUT2D eigenvalue weighted by Crippen LogP contribution is 2.19. The summed E-state index contributed by atoms with van der Waals surface area (Å²) in [6.07, 6.45) is -0.926. The second-order valence-electron chi connectivity index (χ2n) is 3.88. The second-order valence-corrected chi connectivity index (χ2v) is 3.88. The third-order valence-corrected chi connectivity index (χ3v) is 2.38. The maximum atomic E-state index is 13.1. The molecular formula is C11H9FN2O7. The van der Waals surface area contributed by atoms with E-state index in [9.17, 15) is 28.9 Å². The minimum atomic E-state index is -1.79. The van der Waals surface area contributed by atoms with Gasteiger partial charge in [-0.15, -0.1) is 0 Å². The molecule has 0 spiro atoms. The quantitative estimate of drug-likeness (QED) is 0.508. The molecule has 0 aliphatic heterocycles. The lowest BCUT2D eigenvalue weighted by atomic mass is 10.1. The van der Waals surface area contributed by atoms with Crippen molar-refractivity contribution in [3.63, 3.8) is 0 Å². The van der Waals surface area contributed by atoms with Crippen molar-refractivity contribution < 1.29 is 33.9 Å². The summed E-state index contributed by atoms with van der Waals surface area (Å²) >= 11 is 0. The zero-order chi connectivity index (χ0) is 16.2. The molecule has 0 aromatic heterocycles. The highest BCUT2D eigenvalue weighted by molar-refractivity contribution is 6.00. The lowest BCUT2D eigenvalue weighted by molar-refractivity contribution is -0.385. The van der Waals surface area contributed by atoms with Gasteiger partial charge in [0.25, 0.3) is 11.6 Å². The number of nitro benzene ring substituents is 1. The van der Waals surface area contributed by atoms with Crippen LogP contribution >= 0.6 is 0 Å². The number of aliphatic carboxylic acids is 2. The van der Waals surface area contributed by atoms with E-state index in [1.165, 1.54) is 0 Å². The van der Waals surface area contributed by atoms with Crippen LogP contribution in [0.5, 0.6) is 0 Å². The van der Waals surface area contributed by atoms with E-state index in [4.69, 9.17) is 10.2 Å². The van der Waals surface area contributed by atoms with Gasteiger partial charge in [0.1, 0.15) is 17.4 Å². The average molecular weight is 300 g/mol. The van der Waals surface area contributed by atoms with E-state index in [1.807, 2.05) is 0 Å². The molecule has 0 saturated carbocycles. The van der Waals surface area contributed by atoms with Gasteiger partial charge in [-0.2, -0.15) is 0 Å². The van der Waals surface area contributed by atoms with Crippen LogP contribution in [0.4, 0.5) is 10.1 Å². The van der Waals surface area contributed by atoms with Crippen LogP contribution in [-0.4, -0.2) is 39.0 Å². The number of nitrogens with zero attached hydrogens (tertiary/aromatic N) is 1. The van der Waals surface area contributed by atoms with E-state index in [0.29, 0.717) is 6.07 Å². The van der Waals surface area contributed by atoms with Gasteiger partial charge < -0.3 is 15.5 Å². The zero-order valence-electron chi connectivity index (χ0n) is 10.3. The Balaban J connectivity index is 3.07. The number of carbonyl (C=O) groups excluding carboxylic acids is 1. The minimum absolute atomic E-state index is 0.563. The summed E-state index contributed by atoms with van der Waals surface area (Å²) in [5.74, 6) is -5.31. The van der Waals surface area contributed by atoms with E-state index < -0.39 is 52.3 Å². The monoisotopic (exact) mass is 300 g/mol. The number of carbonyl (C=O) groups is 3. The standard InChI is InChI=1S/C11H9FN2O7/c12-5-1-2-8(14(20)21)6(3-5)10(17)13-7(11(18)19)4-9(15)16/h1-3,7H,4H2,(H,13,17)(H,15,16)(H,18,19). The fourth-order valence-electron chi connectivity index (χ4n) is 1.46. The fourth-order valence-corrected chi connectivity index (χ4v) is 1.46. The van der Waals surface area contributed by atoms with Gasteiger partial charge in [-0.05, 0) is 12.1 Å². The third kappa shape index (κ3) is 4.23. The first-order valence-corrected chi connectivity index (χ1v) is 5.41. The van der Waals surface area contributed by atoms with E-state index >= 15 is 0 Å². The number of carboxylic acid groups (broad SMARTS) is 2. The number of nitrogens with one attached hydrogen (secondary N) is 1. The molecule has 0 aliphatic carbocycles. The van der Waals surface area contributed by atoms with E-state index in [2.05, 4.69) is 0 Å². The zero-order valence-corrected chi connectivity index (χ0v) is 10.3. The predicted octanol–water partition coefficient (Wildman–Crippen LogP) is 0.392. The van der Waals surface area contributed by atoms with Gasteiger partial charge in [-0.3, -0.25) is 19.7 Å². The molecule has 0 aliphatic rings. The molecule has 1 amide bonds. The van der Waals surface area contributed by atoms with E-state index in [-0.39, 0.29) is 0 Å². The van der Waals surface area contributed by atoms with Gasteiger partial charge in [0.2, 0.25) is 0 Å². The molecule has 0 heterocycles. The summed E-state index contributed by atoms with van der Waals surface area (Å²) in [6, 6.07) is 0.281. The van der Waals surface area contributed by atoms with Gasteiger partial charge in [0.05, 0.1) is 11.3 Å². The van der Waals surface area contributed by atoms with Crippen molar-refractivity contribution in [2.45, 2.75) is 12.5 Å². The highest BCUT2D eigenvalue weighted by Gasteiger charge is 2.27. The molecule has 21 heavy (non-hydrogen) atoms. The molecule has 10 heteroatoms. The molecule has 0 radical (unpaired) electrons. The Labute approximate surface area is 116 Å². The van der Waals surface area contributed by atoms with Crippen LogP contribution in [0, 0.1) is 15.9 Å². The van der Waals surface area contributed by atoms with Crippen molar-refractivity contribution in [1.82, 2.24) is 5.32 Å². The van der Waals surface area contributed by atoms with Crippen LogP contribution < -0.4 is 5.32 Å². The van der Waals surface area contributed by atoms with Gasteiger partial charge in [-0.1, -0.05) is 0 Å². The van der Waals surface area contributed by atoms with Crippen molar-refractivity contribution in [1.29, 1.82) is 0 Å². The summed E-state index contributed by atoms with van der Waals surface area (Å²) in [6.45, 7) is 0. The maximum Gasteiger partial charge on any atom is 0.326 e. The molecule has 0 saturated heterocycles. The maximum absolute atomic E-state index is 13.1. The van der Waals surface area contributed by atoms with Crippen molar-refractivity contribution in [3.8, 4) is 0 Å². The van der Waals surface area contributed by atoms with Gasteiger partial charge >= 0.3 is 11.9 Å². The van der Waals surface area contributed by atoms with E-state index in [0.717, 1.165) is 12.1 Å². The number of halogens is 1. The number of carboxylic acids is 2. The molecule has 9 nitrogen and oxygen atoms in total. The van der Waals surface area contributed by atoms with Crippen LogP contribution in [0.3, 0.4) is 0 Å². The van der Waals surface area contributed by atoms with Crippen LogP contribution in [0.2, 0.25) is 0 Å². The summed E-state index contributed by atoms with van der Waals surface area (Å²) in [5, 5.41) is 29.8. The Bertz CT molecular complexity index is 617. The predicted molar refractivity (Wildman–Crippen MR) is 64.2 cm³/mol. The Hall–Kier alpha value is -3.04. The van der Waals surface area contributed by atoms with Crippen molar-refractivity contribution >= 4 is 23.5 Å². The molecule has 3 N–H and O–H groups in total. The van der Waals surface area contributed by atoms with Crippen molar-refractivity contribution in [2.24, 2.45) is 0 Å². The molecule has 1 unspecified atom stereocenters. The second kappa shape index (κ2) is 6.41. The van der Waals surface area contributed by atoms with Gasteiger partial charge in [-0.25, -0.2) is 9.18 Å². The Kier molecular flexibility index (Phi) is 4.89. The van der Waals surface area contributed by atoms with Gasteiger partial charge in [0.15, 0.2) is 0 Å². The van der Waals surface area contributed by atoms with Crippen LogP contribution in [0.15, 0.2) is 18.2 Å². The molecule has 1 atom stereocenters. The topological polar surface area (TPSA) is 147 Å². The summed E-state index contributed by atoms with van der Waals surface area (Å²) in [7, 11) is 0. The summed E-state index contributed by atoms with van der Waals surface area (Å²) in [5.41, 5.74) is -1.43. The first-order chi connectivity index (χ1) is 9.72. The fraction of sp³-hybridized carbons (Fsp3) is 0.182. The Morgan fingerprint density at radius 2 is 1.95 bits per heavy atom. The third-order valence-electron chi connectivity index (χ3n) is 2.38. The van der Waals surface area contributed by atoms with Crippen molar-refractivity contribution in [3.05, 3.63) is 39.7 Å². The number of amides is 1. The number of hydrogen-bond acceptors (Lipinski definition) is 5. The Morgan fingerprint density at radius 1 is 1.33 bits per heavy atom. The first-order valence-electron chi connectivity index (χ1n) is 5.41.